The summed E-state index contributed by atoms with van der Waals surface area (Å²) in [6.45, 7) is 0.419. The minimum absolute atomic E-state index is 0.0972. The first-order valence-corrected chi connectivity index (χ1v) is 10.3. The van der Waals surface area contributed by atoms with Crippen LogP contribution in [0.15, 0.2) is 54.6 Å². The first-order chi connectivity index (χ1) is 14.4. The molecule has 1 saturated heterocycles. The third kappa shape index (κ3) is 3.51. The van der Waals surface area contributed by atoms with Gasteiger partial charge >= 0.3 is 0 Å². The molecule has 30 heavy (non-hydrogen) atoms. The van der Waals surface area contributed by atoms with E-state index in [-0.39, 0.29) is 6.42 Å². The Kier molecular flexibility index (Phi) is 5.64. The number of anilines is 1. The molecule has 0 unspecified atom stereocenters. The van der Waals surface area contributed by atoms with Crippen molar-refractivity contribution in [3.8, 4) is 5.75 Å². The molecule has 0 radical (unpaired) electrons. The molecule has 4 N–H and O–H groups in total. The number of benzene rings is 2. The number of aliphatic hydroxyl groups is 2. The highest BCUT2D eigenvalue weighted by Crippen LogP contribution is 2.41. The zero-order valence-corrected chi connectivity index (χ0v) is 17.4. The highest BCUT2D eigenvalue weighted by atomic mass is 32.1. The maximum atomic E-state index is 12.3. The van der Waals surface area contributed by atoms with E-state index in [9.17, 15) is 15.0 Å². The van der Waals surface area contributed by atoms with Gasteiger partial charge in [-0.3, -0.25) is 4.79 Å². The smallest absolute Gasteiger partial charge is 0.222 e. The third-order valence-electron chi connectivity index (χ3n) is 6.02. The fourth-order valence-electron chi connectivity index (χ4n) is 4.56. The Hall–Kier alpha value is -2.68. The van der Waals surface area contributed by atoms with E-state index in [1.54, 1.807) is 7.11 Å². The van der Waals surface area contributed by atoms with Gasteiger partial charge in [-0.1, -0.05) is 30.3 Å². The molecular weight excluding hydrogens is 402 g/mol. The second-order valence-corrected chi connectivity index (χ2v) is 8.11. The quantitative estimate of drug-likeness (QED) is 0.618. The number of aliphatic hydroxyl groups excluding tert-OH is 2. The number of hydrogen-bond donors (Lipinski definition) is 3. The van der Waals surface area contributed by atoms with Crippen LogP contribution in [-0.2, 0) is 11.3 Å². The predicted octanol–water partition coefficient (Wildman–Crippen LogP) is 1.27. The summed E-state index contributed by atoms with van der Waals surface area (Å²) < 4.78 is 5.22. The number of carbonyl (C=O) groups excluding carboxylic acids is 1. The second-order valence-electron chi connectivity index (χ2n) is 7.75. The molecule has 158 valence electrons. The molecule has 0 spiro atoms. The number of nitrogens with two attached hydrogens (primary N) is 1. The highest BCUT2D eigenvalue weighted by Gasteiger charge is 2.56. The van der Waals surface area contributed by atoms with Gasteiger partial charge in [-0.15, -0.1) is 0 Å². The fraction of sp³-hybridized carbons (Fsp3) is 0.364. The van der Waals surface area contributed by atoms with Gasteiger partial charge in [0, 0.05) is 12.2 Å². The molecule has 1 heterocycles. The van der Waals surface area contributed by atoms with Crippen LogP contribution in [0.3, 0.4) is 0 Å². The Labute approximate surface area is 180 Å². The van der Waals surface area contributed by atoms with Gasteiger partial charge in [0.05, 0.1) is 31.2 Å². The van der Waals surface area contributed by atoms with Crippen LogP contribution >= 0.6 is 12.2 Å². The number of carbonyl (C=O) groups is 1. The van der Waals surface area contributed by atoms with Gasteiger partial charge in [0.1, 0.15) is 11.9 Å². The van der Waals surface area contributed by atoms with Crippen molar-refractivity contribution in [2.75, 3.05) is 12.0 Å². The van der Waals surface area contributed by atoms with Gasteiger partial charge in [0.25, 0.3) is 0 Å². The molecule has 0 aromatic heterocycles. The van der Waals surface area contributed by atoms with Crippen LogP contribution in [-0.4, -0.2) is 57.5 Å². The maximum Gasteiger partial charge on any atom is 0.222 e. The van der Waals surface area contributed by atoms with E-state index in [0.29, 0.717) is 11.7 Å². The van der Waals surface area contributed by atoms with Crippen molar-refractivity contribution in [3.05, 3.63) is 60.2 Å². The van der Waals surface area contributed by atoms with Gasteiger partial charge in [0.15, 0.2) is 5.11 Å². The summed E-state index contributed by atoms with van der Waals surface area (Å²) in [6.07, 6.45) is -2.02. The van der Waals surface area contributed by atoms with E-state index >= 15 is 0 Å². The summed E-state index contributed by atoms with van der Waals surface area (Å²) in [5.41, 5.74) is 7.50. The molecule has 1 amide bonds. The Morgan fingerprint density at radius 3 is 2.40 bits per heavy atom. The molecule has 4 rings (SSSR count). The number of ether oxygens (including phenoxy) is 1. The largest absolute Gasteiger partial charge is 0.497 e. The number of hydrogen-bond acceptors (Lipinski definition) is 5. The van der Waals surface area contributed by atoms with Crippen molar-refractivity contribution >= 4 is 28.9 Å². The number of fused-ring (bicyclic) bond motifs is 1. The van der Waals surface area contributed by atoms with Gasteiger partial charge in [-0.25, -0.2) is 0 Å². The normalized spacial score (nSPS) is 28.4. The molecule has 7 nitrogen and oxygen atoms in total. The average molecular weight is 428 g/mol. The molecule has 1 saturated carbocycles. The summed E-state index contributed by atoms with van der Waals surface area (Å²) in [4.78, 5) is 16.1. The number of rotatable bonds is 5. The summed E-state index contributed by atoms with van der Waals surface area (Å²) in [6, 6.07) is 16.1. The Bertz CT molecular complexity index is 924. The SMILES string of the molecule is COc1ccc(CN2C(=S)N(c3ccccc3)[C@H]3[C@H]2[C@@H](O)[C@H](O)C[C@H]3C(N)=O)cc1. The second kappa shape index (κ2) is 8.22. The number of methoxy groups -OCH3 is 1. The Morgan fingerprint density at radius 2 is 1.80 bits per heavy atom. The Morgan fingerprint density at radius 1 is 1.13 bits per heavy atom. The molecule has 2 aliphatic rings. The van der Waals surface area contributed by atoms with E-state index in [4.69, 9.17) is 22.7 Å². The van der Waals surface area contributed by atoms with Crippen LogP contribution in [0.1, 0.15) is 12.0 Å². The van der Waals surface area contributed by atoms with Crippen LogP contribution in [0.25, 0.3) is 0 Å². The number of amides is 1. The van der Waals surface area contributed by atoms with Crippen LogP contribution < -0.4 is 15.4 Å². The lowest BCUT2D eigenvalue weighted by molar-refractivity contribution is -0.129. The number of nitrogens with zero attached hydrogens (tertiary/aromatic N) is 2. The van der Waals surface area contributed by atoms with Crippen molar-refractivity contribution in [1.82, 2.24) is 4.90 Å². The minimum Gasteiger partial charge on any atom is -0.497 e. The molecule has 0 bridgehead atoms. The number of primary amides is 1. The maximum absolute atomic E-state index is 12.3. The minimum atomic E-state index is -1.06. The van der Waals surface area contributed by atoms with Gasteiger partial charge in [-0.2, -0.15) is 0 Å². The first-order valence-electron chi connectivity index (χ1n) is 9.85. The van der Waals surface area contributed by atoms with Crippen LogP contribution in [0.5, 0.6) is 5.75 Å². The molecule has 2 fully saturated rings. The molecule has 5 atom stereocenters. The highest BCUT2D eigenvalue weighted by molar-refractivity contribution is 7.80. The lowest BCUT2D eigenvalue weighted by atomic mass is 9.76. The topological polar surface area (TPSA) is 99.3 Å². The van der Waals surface area contributed by atoms with E-state index < -0.39 is 36.1 Å². The summed E-state index contributed by atoms with van der Waals surface area (Å²) in [7, 11) is 1.61. The van der Waals surface area contributed by atoms with Crippen LogP contribution in [0.4, 0.5) is 5.69 Å². The van der Waals surface area contributed by atoms with E-state index in [1.807, 2.05) is 64.4 Å². The lowest BCUT2D eigenvalue weighted by Gasteiger charge is -2.42. The third-order valence-corrected chi connectivity index (χ3v) is 6.45. The first kappa shape index (κ1) is 20.6. The molecule has 1 aliphatic heterocycles. The van der Waals surface area contributed by atoms with Gasteiger partial charge in [0.2, 0.25) is 5.91 Å². The fourth-order valence-corrected chi connectivity index (χ4v) is 4.97. The molecule has 2 aromatic rings. The van der Waals surface area contributed by atoms with Crippen LogP contribution in [0.2, 0.25) is 0 Å². The number of para-hydroxylation sites is 1. The predicted molar refractivity (Wildman–Crippen MR) is 117 cm³/mol. The Balaban J connectivity index is 1.75. The van der Waals surface area contributed by atoms with Gasteiger partial charge < -0.3 is 30.5 Å². The lowest BCUT2D eigenvalue weighted by Crippen LogP contribution is -2.60. The zero-order chi connectivity index (χ0) is 21.4. The molecular formula is C22H25N3O4S. The average Bonchev–Trinajstić information content (AvgIpc) is 3.04. The monoisotopic (exact) mass is 427 g/mol. The standard InChI is InChI=1S/C22H25N3O4S/c1-29-15-9-7-13(8-10-15)12-24-19-18(16(21(23)28)11-17(26)20(19)27)25(22(24)30)14-5-3-2-4-6-14/h2-10,16-20,26-27H,11-12H2,1H3,(H2,23,28)/t16-,17-,18-,19+,20+/m1/s1. The summed E-state index contributed by atoms with van der Waals surface area (Å²) >= 11 is 5.82. The molecule has 1 aliphatic carbocycles. The van der Waals surface area contributed by atoms with Gasteiger partial charge in [-0.05, 0) is 48.5 Å². The van der Waals surface area contributed by atoms with Crippen LogP contribution in [0, 0.1) is 5.92 Å². The molecule has 8 heteroatoms. The van der Waals surface area contributed by atoms with E-state index in [0.717, 1.165) is 17.0 Å². The van der Waals surface area contributed by atoms with Crippen molar-refractivity contribution < 1.29 is 19.7 Å². The summed E-state index contributed by atoms with van der Waals surface area (Å²) in [5, 5.41) is 21.9. The number of thiocarbonyl (C=S) groups is 1. The van der Waals surface area contributed by atoms with Crippen molar-refractivity contribution in [2.45, 2.75) is 37.3 Å². The van der Waals surface area contributed by atoms with Crippen molar-refractivity contribution in [3.63, 3.8) is 0 Å². The molecule has 2 aromatic carbocycles. The van der Waals surface area contributed by atoms with E-state index in [2.05, 4.69) is 0 Å². The van der Waals surface area contributed by atoms with Crippen molar-refractivity contribution in [1.29, 1.82) is 0 Å². The summed E-state index contributed by atoms with van der Waals surface area (Å²) in [5.74, 6) is -0.410. The zero-order valence-electron chi connectivity index (χ0n) is 16.6. The van der Waals surface area contributed by atoms with E-state index in [1.165, 1.54) is 0 Å². The van der Waals surface area contributed by atoms with Crippen molar-refractivity contribution in [2.24, 2.45) is 11.7 Å².